The molecule has 0 unspecified atom stereocenters. The Hall–Kier alpha value is -3.60. The zero-order valence-corrected chi connectivity index (χ0v) is 17.2. The maximum Gasteiger partial charge on any atom is 0.255 e. The van der Waals surface area contributed by atoms with Crippen molar-refractivity contribution in [3.8, 4) is 5.75 Å². The minimum absolute atomic E-state index is 0.0420. The van der Waals surface area contributed by atoms with Crippen LogP contribution in [0.2, 0.25) is 0 Å². The summed E-state index contributed by atoms with van der Waals surface area (Å²) in [7, 11) is 0. The van der Waals surface area contributed by atoms with Gasteiger partial charge in [-0.05, 0) is 55.8 Å². The second kappa shape index (κ2) is 10.3. The molecule has 0 spiro atoms. The van der Waals surface area contributed by atoms with Crippen molar-refractivity contribution >= 4 is 17.5 Å². The molecule has 3 aromatic carbocycles. The second-order valence-corrected chi connectivity index (χ2v) is 7.27. The molecule has 3 rings (SSSR count). The van der Waals surface area contributed by atoms with Crippen molar-refractivity contribution in [3.63, 3.8) is 0 Å². The van der Waals surface area contributed by atoms with E-state index in [9.17, 15) is 9.59 Å². The van der Waals surface area contributed by atoms with Crippen molar-refractivity contribution in [2.45, 2.75) is 26.3 Å². The van der Waals surface area contributed by atoms with Crippen molar-refractivity contribution in [2.24, 2.45) is 0 Å². The van der Waals surface area contributed by atoms with Crippen molar-refractivity contribution in [2.75, 3.05) is 11.9 Å². The third-order valence-electron chi connectivity index (χ3n) is 4.40. The maximum absolute atomic E-state index is 12.7. The average Bonchev–Trinajstić information content (AvgIpc) is 2.74. The summed E-state index contributed by atoms with van der Waals surface area (Å²) in [6, 6.07) is 24.1. The third-order valence-corrected chi connectivity index (χ3v) is 4.40. The fourth-order valence-electron chi connectivity index (χ4n) is 2.95. The van der Waals surface area contributed by atoms with Crippen LogP contribution >= 0.6 is 0 Å². The first-order chi connectivity index (χ1) is 14.5. The van der Waals surface area contributed by atoms with E-state index in [4.69, 9.17) is 4.74 Å². The quantitative estimate of drug-likeness (QED) is 0.574. The van der Waals surface area contributed by atoms with Crippen LogP contribution in [0.15, 0.2) is 78.9 Å². The number of carbonyl (C=O) groups excluding carboxylic acids is 2. The minimum atomic E-state index is -0.259. The van der Waals surface area contributed by atoms with Crippen LogP contribution in [0.1, 0.15) is 40.1 Å². The van der Waals surface area contributed by atoms with E-state index < -0.39 is 0 Å². The monoisotopic (exact) mass is 402 g/mol. The molecule has 0 aliphatic rings. The summed E-state index contributed by atoms with van der Waals surface area (Å²) >= 11 is 0. The van der Waals surface area contributed by atoms with Crippen LogP contribution in [0.4, 0.5) is 5.69 Å². The number of nitrogens with one attached hydrogen (secondary N) is 2. The van der Waals surface area contributed by atoms with E-state index in [2.05, 4.69) is 22.8 Å². The lowest BCUT2D eigenvalue weighted by Crippen LogP contribution is -2.30. The average molecular weight is 402 g/mol. The van der Waals surface area contributed by atoms with Gasteiger partial charge in [-0.1, -0.05) is 42.5 Å². The van der Waals surface area contributed by atoms with Crippen LogP contribution in [0.5, 0.6) is 5.75 Å². The summed E-state index contributed by atoms with van der Waals surface area (Å²) < 4.78 is 5.81. The van der Waals surface area contributed by atoms with E-state index in [1.165, 1.54) is 5.56 Å². The van der Waals surface area contributed by atoms with Gasteiger partial charge in [0.25, 0.3) is 11.8 Å². The van der Waals surface area contributed by atoms with E-state index in [0.717, 1.165) is 6.42 Å². The molecule has 0 radical (unpaired) electrons. The summed E-state index contributed by atoms with van der Waals surface area (Å²) in [4.78, 5) is 24.8. The van der Waals surface area contributed by atoms with E-state index in [-0.39, 0.29) is 17.9 Å². The van der Waals surface area contributed by atoms with Gasteiger partial charge in [0.2, 0.25) is 0 Å². The fourth-order valence-corrected chi connectivity index (χ4v) is 2.95. The number of amides is 2. The highest BCUT2D eigenvalue weighted by molar-refractivity contribution is 6.05. The van der Waals surface area contributed by atoms with Gasteiger partial charge in [0, 0.05) is 29.3 Å². The van der Waals surface area contributed by atoms with Crippen molar-refractivity contribution in [1.29, 1.82) is 0 Å². The molecule has 154 valence electrons. The predicted octanol–water partition coefficient (Wildman–Crippen LogP) is 4.70. The molecule has 0 aliphatic heterocycles. The van der Waals surface area contributed by atoms with Crippen LogP contribution in [0, 0.1) is 0 Å². The highest BCUT2D eigenvalue weighted by Gasteiger charge is 2.11. The molecule has 0 atom stereocenters. The minimum Gasteiger partial charge on any atom is -0.493 e. The van der Waals surface area contributed by atoms with Gasteiger partial charge in [-0.2, -0.15) is 0 Å². The van der Waals surface area contributed by atoms with Gasteiger partial charge >= 0.3 is 0 Å². The van der Waals surface area contributed by atoms with Crippen molar-refractivity contribution < 1.29 is 14.3 Å². The molecular weight excluding hydrogens is 376 g/mol. The largest absolute Gasteiger partial charge is 0.493 e. The first-order valence-corrected chi connectivity index (χ1v) is 10.0. The third kappa shape index (κ3) is 6.21. The van der Waals surface area contributed by atoms with Gasteiger partial charge in [-0.25, -0.2) is 0 Å². The molecule has 3 aromatic rings. The standard InChI is InChI=1S/C25H26N2O3/c1-18(2)26-24(28)20-10-6-12-22(16-20)27-25(29)21-11-7-13-23(17-21)30-15-14-19-8-4-3-5-9-19/h3-13,16-18H,14-15H2,1-2H3,(H,26,28)(H,27,29). The van der Waals surface area contributed by atoms with Crippen molar-refractivity contribution in [1.82, 2.24) is 5.32 Å². The molecule has 0 aromatic heterocycles. The lowest BCUT2D eigenvalue weighted by Gasteiger charge is -2.11. The molecule has 0 fully saturated rings. The molecule has 0 saturated heterocycles. The summed E-state index contributed by atoms with van der Waals surface area (Å²) in [5, 5.41) is 5.68. The Balaban J connectivity index is 1.60. The Morgan fingerprint density at radius 2 is 1.53 bits per heavy atom. The van der Waals surface area contributed by atoms with Gasteiger partial charge in [0.05, 0.1) is 6.61 Å². The van der Waals surface area contributed by atoms with Gasteiger partial charge in [-0.15, -0.1) is 0 Å². The number of carbonyl (C=O) groups is 2. The molecule has 0 heterocycles. The molecular formula is C25H26N2O3. The Labute approximate surface area is 177 Å². The van der Waals surface area contributed by atoms with Crippen LogP contribution in [-0.4, -0.2) is 24.5 Å². The number of anilines is 1. The molecule has 5 nitrogen and oxygen atoms in total. The molecule has 0 saturated carbocycles. The molecule has 0 bridgehead atoms. The van der Waals surface area contributed by atoms with Crippen LogP contribution in [0.25, 0.3) is 0 Å². The molecule has 30 heavy (non-hydrogen) atoms. The zero-order chi connectivity index (χ0) is 21.3. The lowest BCUT2D eigenvalue weighted by atomic mass is 10.1. The van der Waals surface area contributed by atoms with Gasteiger partial charge in [-0.3, -0.25) is 9.59 Å². The Kier molecular flexibility index (Phi) is 7.22. The number of ether oxygens (including phenoxy) is 1. The van der Waals surface area contributed by atoms with Crippen LogP contribution < -0.4 is 15.4 Å². The van der Waals surface area contributed by atoms with Gasteiger partial charge in [0.15, 0.2) is 0 Å². The number of hydrogen-bond acceptors (Lipinski definition) is 3. The topological polar surface area (TPSA) is 67.4 Å². The highest BCUT2D eigenvalue weighted by atomic mass is 16.5. The number of rotatable bonds is 8. The van der Waals surface area contributed by atoms with E-state index >= 15 is 0 Å². The molecule has 5 heteroatoms. The smallest absolute Gasteiger partial charge is 0.255 e. The maximum atomic E-state index is 12.7. The SMILES string of the molecule is CC(C)NC(=O)c1cccc(NC(=O)c2cccc(OCCc3ccccc3)c2)c1. The van der Waals surface area contributed by atoms with E-state index in [1.807, 2.05) is 38.1 Å². The Morgan fingerprint density at radius 3 is 2.27 bits per heavy atom. The summed E-state index contributed by atoms with van der Waals surface area (Å²) in [6.45, 7) is 4.33. The predicted molar refractivity (Wildman–Crippen MR) is 119 cm³/mol. The van der Waals surface area contributed by atoms with Crippen LogP contribution in [-0.2, 0) is 6.42 Å². The molecule has 2 N–H and O–H groups in total. The lowest BCUT2D eigenvalue weighted by molar-refractivity contribution is 0.0941. The normalized spacial score (nSPS) is 10.5. The summed E-state index contributed by atoms with van der Waals surface area (Å²) in [5.41, 5.74) is 2.75. The highest BCUT2D eigenvalue weighted by Crippen LogP contribution is 2.17. The fraction of sp³-hybridized carbons (Fsp3) is 0.200. The molecule has 0 aliphatic carbocycles. The van der Waals surface area contributed by atoms with Crippen molar-refractivity contribution in [3.05, 3.63) is 95.6 Å². The summed E-state index contributed by atoms with van der Waals surface area (Å²) in [5.74, 6) is 0.212. The molecule has 2 amide bonds. The number of hydrogen-bond donors (Lipinski definition) is 2. The van der Waals surface area contributed by atoms with E-state index in [1.54, 1.807) is 42.5 Å². The summed E-state index contributed by atoms with van der Waals surface area (Å²) in [6.07, 6.45) is 0.794. The van der Waals surface area contributed by atoms with Gasteiger partial charge in [0.1, 0.15) is 5.75 Å². The first-order valence-electron chi connectivity index (χ1n) is 10.0. The Bertz CT molecular complexity index is 1000. The number of benzene rings is 3. The second-order valence-electron chi connectivity index (χ2n) is 7.27. The van der Waals surface area contributed by atoms with Gasteiger partial charge < -0.3 is 15.4 Å². The Morgan fingerprint density at radius 1 is 0.833 bits per heavy atom. The van der Waals surface area contributed by atoms with E-state index in [0.29, 0.717) is 29.2 Å². The first kappa shape index (κ1) is 21.1. The van der Waals surface area contributed by atoms with Crippen LogP contribution in [0.3, 0.4) is 0 Å². The zero-order valence-electron chi connectivity index (χ0n) is 17.2.